The lowest BCUT2D eigenvalue weighted by molar-refractivity contribution is -0.123. The van der Waals surface area contributed by atoms with E-state index in [0.717, 1.165) is 0 Å². The van der Waals surface area contributed by atoms with Gasteiger partial charge in [-0.1, -0.05) is 6.07 Å². The number of nitrogens with one attached hydrogen (secondary N) is 1. The third-order valence-electron chi connectivity index (χ3n) is 2.59. The van der Waals surface area contributed by atoms with Crippen LogP contribution in [0.3, 0.4) is 0 Å². The van der Waals surface area contributed by atoms with Crippen LogP contribution in [0.4, 0.5) is 0 Å². The highest BCUT2D eigenvalue weighted by molar-refractivity contribution is 5.77. The highest BCUT2D eigenvalue weighted by Crippen LogP contribution is 2.30. The molecule has 0 fully saturated rings. The summed E-state index contributed by atoms with van der Waals surface area (Å²) in [6.45, 7) is 1.80. The lowest BCUT2D eigenvalue weighted by Crippen LogP contribution is -2.29. The van der Waals surface area contributed by atoms with Crippen LogP contribution >= 0.6 is 0 Å². The topological polar surface area (TPSA) is 91.6 Å². The average Bonchev–Trinajstić information content (AvgIpc) is 2.45. The van der Waals surface area contributed by atoms with Gasteiger partial charge in [0.25, 0.3) is 5.91 Å². The molecule has 20 heavy (non-hydrogen) atoms. The number of hydrogen-bond acceptors (Lipinski definition) is 5. The van der Waals surface area contributed by atoms with Gasteiger partial charge in [0, 0.05) is 6.54 Å². The van der Waals surface area contributed by atoms with Crippen LogP contribution in [-0.4, -0.2) is 31.3 Å². The zero-order chi connectivity index (χ0) is 15.0. The van der Waals surface area contributed by atoms with Crippen LogP contribution in [0.2, 0.25) is 0 Å². The van der Waals surface area contributed by atoms with Crippen LogP contribution < -0.4 is 14.8 Å². The molecule has 6 nitrogen and oxygen atoms in total. The number of nitriles is 1. The molecule has 1 atom stereocenters. The van der Waals surface area contributed by atoms with Crippen molar-refractivity contribution in [1.82, 2.24) is 5.32 Å². The maximum atomic E-state index is 11.4. The van der Waals surface area contributed by atoms with E-state index < -0.39 is 6.10 Å². The Balaban J connectivity index is 2.59. The smallest absolute Gasteiger partial charge is 0.257 e. The summed E-state index contributed by atoms with van der Waals surface area (Å²) < 4.78 is 10.5. The van der Waals surface area contributed by atoms with Gasteiger partial charge in [-0.3, -0.25) is 4.79 Å². The second kappa shape index (κ2) is 8.02. The van der Waals surface area contributed by atoms with Crippen LogP contribution in [0.1, 0.15) is 25.0 Å². The molecule has 0 unspecified atom stereocenters. The summed E-state index contributed by atoms with van der Waals surface area (Å²) in [4.78, 5) is 11.4. The Morgan fingerprint density at radius 1 is 1.50 bits per heavy atom. The molecular weight excluding hydrogens is 260 g/mol. The number of amides is 1. The fraction of sp³-hybridized carbons (Fsp3) is 0.429. The first-order valence-electron chi connectivity index (χ1n) is 6.21. The summed E-state index contributed by atoms with van der Waals surface area (Å²) in [5.41, 5.74) is 0.702. The molecule has 0 spiro atoms. The van der Waals surface area contributed by atoms with E-state index in [1.165, 1.54) is 7.11 Å². The normalized spacial score (nSPS) is 11.3. The predicted octanol–water partition coefficient (Wildman–Crippen LogP) is 1.16. The van der Waals surface area contributed by atoms with Gasteiger partial charge >= 0.3 is 0 Å². The lowest BCUT2D eigenvalue weighted by atomic mass is 10.1. The number of nitrogens with zero attached hydrogens (tertiary/aromatic N) is 1. The fourth-order valence-electron chi connectivity index (χ4n) is 1.52. The SMILES string of the molecule is COc1cc([C@@H](C)O)ccc1OCC(=O)NCCC#N. The van der Waals surface area contributed by atoms with E-state index in [1.807, 2.05) is 6.07 Å². The van der Waals surface area contributed by atoms with Crippen molar-refractivity contribution in [3.8, 4) is 17.6 Å². The number of aliphatic hydroxyl groups excluding tert-OH is 1. The van der Waals surface area contributed by atoms with Crippen LogP contribution in [0.5, 0.6) is 11.5 Å². The quantitative estimate of drug-likeness (QED) is 0.730. The molecule has 1 aromatic rings. The van der Waals surface area contributed by atoms with Crippen LogP contribution in [-0.2, 0) is 4.79 Å². The number of benzene rings is 1. The van der Waals surface area contributed by atoms with Crippen molar-refractivity contribution in [3.63, 3.8) is 0 Å². The second-order valence-corrected chi connectivity index (χ2v) is 4.13. The second-order valence-electron chi connectivity index (χ2n) is 4.13. The minimum Gasteiger partial charge on any atom is -0.493 e. The van der Waals surface area contributed by atoms with Crippen LogP contribution in [0, 0.1) is 11.3 Å². The molecule has 0 aliphatic carbocycles. The summed E-state index contributed by atoms with van der Waals surface area (Å²) in [5.74, 6) is 0.572. The standard InChI is InChI=1S/C14H18N2O4/c1-10(17)11-4-5-12(13(8-11)19-2)20-9-14(18)16-7-3-6-15/h4-5,8,10,17H,3,7,9H2,1-2H3,(H,16,18)/t10-/m1/s1. The van der Waals surface area contributed by atoms with Crippen LogP contribution in [0.25, 0.3) is 0 Å². The zero-order valence-corrected chi connectivity index (χ0v) is 11.5. The number of carbonyl (C=O) groups is 1. The monoisotopic (exact) mass is 278 g/mol. The molecule has 0 aliphatic rings. The molecule has 0 saturated carbocycles. The van der Waals surface area contributed by atoms with E-state index in [0.29, 0.717) is 23.6 Å². The third-order valence-corrected chi connectivity index (χ3v) is 2.59. The third kappa shape index (κ3) is 4.78. The van der Waals surface area contributed by atoms with Gasteiger partial charge < -0.3 is 19.9 Å². The number of methoxy groups -OCH3 is 1. The minimum absolute atomic E-state index is 0.157. The van der Waals surface area contributed by atoms with E-state index in [1.54, 1.807) is 25.1 Å². The fourth-order valence-corrected chi connectivity index (χ4v) is 1.52. The zero-order valence-electron chi connectivity index (χ0n) is 11.5. The van der Waals surface area contributed by atoms with Crippen molar-refractivity contribution < 1.29 is 19.4 Å². The lowest BCUT2D eigenvalue weighted by Gasteiger charge is -2.13. The number of hydrogen-bond donors (Lipinski definition) is 2. The molecule has 0 aliphatic heterocycles. The van der Waals surface area contributed by atoms with Gasteiger partial charge in [-0.05, 0) is 24.6 Å². The highest BCUT2D eigenvalue weighted by Gasteiger charge is 2.10. The molecule has 1 aromatic carbocycles. The molecule has 2 N–H and O–H groups in total. The number of carbonyl (C=O) groups excluding carboxylic acids is 1. The average molecular weight is 278 g/mol. The van der Waals surface area contributed by atoms with Crippen molar-refractivity contribution in [1.29, 1.82) is 5.26 Å². The first kappa shape index (κ1) is 15.8. The molecule has 1 amide bonds. The molecule has 0 heterocycles. The number of aliphatic hydroxyl groups is 1. The van der Waals surface area contributed by atoms with E-state index in [4.69, 9.17) is 14.7 Å². The van der Waals surface area contributed by atoms with E-state index in [-0.39, 0.29) is 18.9 Å². The van der Waals surface area contributed by atoms with Gasteiger partial charge in [-0.25, -0.2) is 0 Å². The Kier molecular flexibility index (Phi) is 6.33. The number of ether oxygens (including phenoxy) is 2. The summed E-state index contributed by atoms with van der Waals surface area (Å²) in [5, 5.41) is 20.4. The van der Waals surface area contributed by atoms with E-state index >= 15 is 0 Å². The minimum atomic E-state index is -0.604. The van der Waals surface area contributed by atoms with Crippen molar-refractivity contribution in [2.45, 2.75) is 19.4 Å². The van der Waals surface area contributed by atoms with Gasteiger partial charge in [0.2, 0.25) is 0 Å². The molecular formula is C14H18N2O4. The Morgan fingerprint density at radius 3 is 2.85 bits per heavy atom. The Morgan fingerprint density at radius 2 is 2.25 bits per heavy atom. The highest BCUT2D eigenvalue weighted by atomic mass is 16.5. The van der Waals surface area contributed by atoms with Crippen molar-refractivity contribution >= 4 is 5.91 Å². The summed E-state index contributed by atoms with van der Waals surface area (Å²) >= 11 is 0. The van der Waals surface area contributed by atoms with E-state index in [9.17, 15) is 9.90 Å². The van der Waals surface area contributed by atoms with Crippen molar-refractivity contribution in [2.24, 2.45) is 0 Å². The molecule has 6 heteroatoms. The van der Waals surface area contributed by atoms with Gasteiger partial charge in [0.15, 0.2) is 18.1 Å². The van der Waals surface area contributed by atoms with Crippen LogP contribution in [0.15, 0.2) is 18.2 Å². The molecule has 0 saturated heterocycles. The molecule has 108 valence electrons. The summed E-state index contributed by atoms with van der Waals surface area (Å²) in [6.07, 6.45) is -0.342. The van der Waals surface area contributed by atoms with Crippen molar-refractivity contribution in [2.75, 3.05) is 20.3 Å². The summed E-state index contributed by atoms with van der Waals surface area (Å²) in [6, 6.07) is 6.94. The molecule has 1 rings (SSSR count). The predicted molar refractivity (Wildman–Crippen MR) is 72.4 cm³/mol. The van der Waals surface area contributed by atoms with E-state index in [2.05, 4.69) is 5.32 Å². The molecule has 0 bridgehead atoms. The molecule has 0 aromatic heterocycles. The first-order valence-corrected chi connectivity index (χ1v) is 6.21. The Hall–Kier alpha value is -2.26. The number of rotatable bonds is 7. The van der Waals surface area contributed by atoms with Gasteiger partial charge in [-0.2, -0.15) is 5.26 Å². The van der Waals surface area contributed by atoms with Gasteiger partial charge in [0.05, 0.1) is 25.7 Å². The Labute approximate surface area is 117 Å². The maximum absolute atomic E-state index is 11.4. The Bertz CT molecular complexity index is 494. The first-order chi connectivity index (χ1) is 9.58. The van der Waals surface area contributed by atoms with Gasteiger partial charge in [-0.15, -0.1) is 0 Å². The maximum Gasteiger partial charge on any atom is 0.257 e. The molecule has 0 radical (unpaired) electrons. The largest absolute Gasteiger partial charge is 0.493 e. The summed E-state index contributed by atoms with van der Waals surface area (Å²) in [7, 11) is 1.49. The van der Waals surface area contributed by atoms with Crippen molar-refractivity contribution in [3.05, 3.63) is 23.8 Å². The van der Waals surface area contributed by atoms with Gasteiger partial charge in [0.1, 0.15) is 0 Å².